The van der Waals surface area contributed by atoms with Crippen LogP contribution in [0.25, 0.3) is 11.1 Å². The van der Waals surface area contributed by atoms with E-state index in [1.165, 1.54) is 22.4 Å². The molecule has 2 aliphatic heterocycles. The van der Waals surface area contributed by atoms with Gasteiger partial charge in [0.05, 0.1) is 5.57 Å². The quantitative estimate of drug-likeness (QED) is 0.815. The van der Waals surface area contributed by atoms with Gasteiger partial charge in [-0.05, 0) is 17.7 Å². The first-order chi connectivity index (χ1) is 13.5. The molecule has 0 saturated heterocycles. The molecule has 138 valence electrons. The van der Waals surface area contributed by atoms with Gasteiger partial charge in [-0.1, -0.05) is 23.7 Å². The monoisotopic (exact) mass is 393 g/mol. The summed E-state index contributed by atoms with van der Waals surface area (Å²) >= 11 is 5.99. The molecule has 0 saturated carbocycles. The zero-order chi connectivity index (χ0) is 19.8. The average molecular weight is 394 g/mol. The number of hydrogen-bond donors (Lipinski definition) is 1. The second kappa shape index (κ2) is 6.75. The number of nitrogens with zero attached hydrogens (tertiary/aromatic N) is 6. The third kappa shape index (κ3) is 2.86. The molecule has 2 aromatic rings. The van der Waals surface area contributed by atoms with E-state index in [1.54, 1.807) is 31.3 Å². The predicted molar refractivity (Wildman–Crippen MR) is 100 cm³/mol. The molecule has 0 atom stereocenters. The van der Waals surface area contributed by atoms with E-state index >= 15 is 0 Å². The SMILES string of the molecule is CN1C(=O)C(c2ccc(Cl)cc2)=C(c2cnc(C#N)nc2)C2=NNC(=O)CN21. The number of carbonyl (C=O) groups is 2. The minimum absolute atomic E-state index is 0.00684. The molecule has 0 bridgehead atoms. The molecule has 0 spiro atoms. The van der Waals surface area contributed by atoms with Gasteiger partial charge in [-0.15, -0.1) is 0 Å². The highest BCUT2D eigenvalue weighted by Gasteiger charge is 2.39. The Kier molecular flexibility index (Phi) is 4.25. The largest absolute Gasteiger partial charge is 0.273 e. The number of hydrogen-bond acceptors (Lipinski definition) is 7. The zero-order valence-electron chi connectivity index (χ0n) is 14.5. The number of halogens is 1. The van der Waals surface area contributed by atoms with Gasteiger partial charge in [-0.25, -0.2) is 15.4 Å². The Hall–Kier alpha value is -3.77. The number of amides is 2. The minimum atomic E-state index is -0.339. The average Bonchev–Trinajstić information content (AvgIpc) is 2.72. The normalized spacial score (nSPS) is 16.4. The standard InChI is InChI=1S/C18H12ClN7O2/c1-25-18(28)16(10-2-4-12(19)5-3-10)15(11-7-21-13(6-20)22-8-11)17-24-23-14(27)9-26(17)25/h2-5,7-8H,9H2,1H3,(H,23,27). The molecular formula is C18H12ClN7O2. The van der Waals surface area contributed by atoms with Crippen LogP contribution >= 0.6 is 11.6 Å². The molecule has 28 heavy (non-hydrogen) atoms. The number of hydrazine groups is 1. The number of nitrogens with one attached hydrogen (secondary N) is 1. The summed E-state index contributed by atoms with van der Waals surface area (Å²) in [6, 6.07) is 8.68. The predicted octanol–water partition coefficient (Wildman–Crippen LogP) is 1.04. The summed E-state index contributed by atoms with van der Waals surface area (Å²) in [4.78, 5) is 33.0. The number of fused-ring (bicyclic) bond motifs is 1. The van der Waals surface area contributed by atoms with Gasteiger partial charge >= 0.3 is 0 Å². The van der Waals surface area contributed by atoms with Crippen molar-refractivity contribution in [3.8, 4) is 6.07 Å². The minimum Gasteiger partial charge on any atom is -0.271 e. The molecule has 0 aliphatic carbocycles. The second-order valence-electron chi connectivity index (χ2n) is 6.02. The van der Waals surface area contributed by atoms with Crippen LogP contribution in [0.15, 0.2) is 41.8 Å². The van der Waals surface area contributed by atoms with Crippen molar-refractivity contribution in [2.24, 2.45) is 5.10 Å². The number of rotatable bonds is 2. The third-order valence-corrected chi connectivity index (χ3v) is 4.59. The van der Waals surface area contributed by atoms with Crippen molar-refractivity contribution in [3.63, 3.8) is 0 Å². The van der Waals surface area contributed by atoms with Crippen LogP contribution in [0.3, 0.4) is 0 Å². The van der Waals surface area contributed by atoms with E-state index in [0.717, 1.165) is 0 Å². The van der Waals surface area contributed by atoms with Gasteiger partial charge in [0.15, 0.2) is 5.84 Å². The fourth-order valence-corrected chi connectivity index (χ4v) is 3.14. The molecule has 2 amide bonds. The lowest BCUT2D eigenvalue weighted by molar-refractivity contribution is -0.137. The van der Waals surface area contributed by atoms with E-state index in [1.807, 2.05) is 6.07 Å². The van der Waals surface area contributed by atoms with Crippen LogP contribution in [0, 0.1) is 11.3 Å². The lowest BCUT2D eigenvalue weighted by atomic mass is 9.92. The van der Waals surface area contributed by atoms with Crippen LogP contribution < -0.4 is 5.43 Å². The van der Waals surface area contributed by atoms with E-state index in [4.69, 9.17) is 16.9 Å². The highest BCUT2D eigenvalue weighted by Crippen LogP contribution is 2.35. The number of hydrazone groups is 1. The molecule has 0 radical (unpaired) electrons. The van der Waals surface area contributed by atoms with Crippen molar-refractivity contribution in [1.29, 1.82) is 5.26 Å². The Labute approximate surface area is 164 Å². The van der Waals surface area contributed by atoms with Gasteiger partial charge in [0.25, 0.3) is 11.8 Å². The highest BCUT2D eigenvalue weighted by molar-refractivity contribution is 6.43. The van der Waals surface area contributed by atoms with Gasteiger partial charge < -0.3 is 0 Å². The highest BCUT2D eigenvalue weighted by atomic mass is 35.5. The molecule has 0 unspecified atom stereocenters. The Morgan fingerprint density at radius 3 is 2.43 bits per heavy atom. The van der Waals surface area contributed by atoms with Gasteiger partial charge in [-0.3, -0.25) is 19.6 Å². The maximum atomic E-state index is 13.2. The van der Waals surface area contributed by atoms with Crippen molar-refractivity contribution in [1.82, 2.24) is 25.4 Å². The Balaban J connectivity index is 2.00. The smallest absolute Gasteiger partial charge is 0.271 e. The molecule has 2 aliphatic rings. The molecule has 4 rings (SSSR count). The van der Waals surface area contributed by atoms with Gasteiger partial charge in [0, 0.05) is 35.6 Å². The van der Waals surface area contributed by atoms with Crippen LogP contribution in [-0.4, -0.2) is 51.2 Å². The summed E-state index contributed by atoms with van der Waals surface area (Å²) in [7, 11) is 1.57. The summed E-state index contributed by atoms with van der Waals surface area (Å²) in [5.41, 5.74) is 4.37. The molecule has 1 aromatic carbocycles. The Morgan fingerprint density at radius 2 is 1.79 bits per heavy atom. The lowest BCUT2D eigenvalue weighted by Gasteiger charge is -2.41. The second-order valence-corrected chi connectivity index (χ2v) is 6.46. The maximum absolute atomic E-state index is 13.2. The van der Waals surface area contributed by atoms with Crippen LogP contribution in [0.2, 0.25) is 5.02 Å². The third-order valence-electron chi connectivity index (χ3n) is 4.34. The maximum Gasteiger partial charge on any atom is 0.273 e. The molecule has 1 aromatic heterocycles. The Morgan fingerprint density at radius 1 is 1.11 bits per heavy atom. The molecule has 10 heteroatoms. The summed E-state index contributed by atoms with van der Waals surface area (Å²) in [5, 5.41) is 16.5. The topological polar surface area (TPSA) is 115 Å². The first kappa shape index (κ1) is 17.6. The number of nitriles is 1. The van der Waals surface area contributed by atoms with E-state index in [0.29, 0.717) is 33.1 Å². The molecule has 9 nitrogen and oxygen atoms in total. The van der Waals surface area contributed by atoms with Crippen LogP contribution in [0.1, 0.15) is 17.0 Å². The fourth-order valence-electron chi connectivity index (χ4n) is 3.02. The molecule has 0 fully saturated rings. The summed E-state index contributed by atoms with van der Waals surface area (Å²) in [6.45, 7) is -0.0599. The lowest BCUT2D eigenvalue weighted by Crippen LogP contribution is -2.57. The zero-order valence-corrected chi connectivity index (χ0v) is 15.3. The number of carbonyl (C=O) groups excluding carboxylic acids is 2. The van der Waals surface area contributed by atoms with E-state index < -0.39 is 0 Å². The molecular weight excluding hydrogens is 382 g/mol. The van der Waals surface area contributed by atoms with Crippen molar-refractivity contribution in [2.75, 3.05) is 13.6 Å². The summed E-state index contributed by atoms with van der Waals surface area (Å²) < 4.78 is 0. The fraction of sp³-hybridized carbons (Fsp3) is 0.111. The Bertz CT molecular complexity index is 1080. The first-order valence-electron chi connectivity index (χ1n) is 8.14. The number of amidine groups is 1. The van der Waals surface area contributed by atoms with Crippen molar-refractivity contribution in [3.05, 3.63) is 58.6 Å². The van der Waals surface area contributed by atoms with Crippen molar-refractivity contribution in [2.45, 2.75) is 0 Å². The van der Waals surface area contributed by atoms with Gasteiger partial charge in [0.1, 0.15) is 12.6 Å². The van der Waals surface area contributed by atoms with Crippen molar-refractivity contribution >= 4 is 40.4 Å². The summed E-state index contributed by atoms with van der Waals surface area (Å²) in [6.07, 6.45) is 2.90. The van der Waals surface area contributed by atoms with Gasteiger partial charge in [0.2, 0.25) is 5.82 Å². The van der Waals surface area contributed by atoms with Crippen LogP contribution in [0.4, 0.5) is 0 Å². The number of aromatic nitrogens is 2. The van der Waals surface area contributed by atoms with Gasteiger partial charge in [-0.2, -0.15) is 10.4 Å². The van der Waals surface area contributed by atoms with E-state index in [-0.39, 0.29) is 24.2 Å². The number of benzene rings is 1. The van der Waals surface area contributed by atoms with E-state index in [9.17, 15) is 9.59 Å². The van der Waals surface area contributed by atoms with E-state index in [2.05, 4.69) is 20.5 Å². The molecule has 1 N–H and O–H groups in total. The molecule has 3 heterocycles. The summed E-state index contributed by atoms with van der Waals surface area (Å²) in [5.74, 6) is -0.281. The first-order valence-corrected chi connectivity index (χ1v) is 8.52. The van der Waals surface area contributed by atoms with Crippen LogP contribution in [-0.2, 0) is 9.59 Å². The number of likely N-dealkylation sites (N-methyl/N-ethyl adjacent to an activating group) is 1. The van der Waals surface area contributed by atoms with Crippen molar-refractivity contribution < 1.29 is 9.59 Å². The van der Waals surface area contributed by atoms with Crippen LogP contribution in [0.5, 0.6) is 0 Å².